The van der Waals surface area contributed by atoms with Gasteiger partial charge in [0.2, 0.25) is 0 Å². The maximum Gasteiger partial charge on any atom is 0.251 e. The Morgan fingerprint density at radius 2 is 2.09 bits per heavy atom. The van der Waals surface area contributed by atoms with E-state index in [1.54, 1.807) is 0 Å². The number of amides is 1. The molecule has 0 saturated carbocycles. The zero-order valence-electron chi connectivity index (χ0n) is 19.7. The van der Waals surface area contributed by atoms with Gasteiger partial charge in [0.1, 0.15) is 0 Å². The number of nitrogens with one attached hydrogen (secondary N) is 3. The molecule has 1 unspecified atom stereocenters. The molecule has 1 aromatic carbocycles. The van der Waals surface area contributed by atoms with Crippen molar-refractivity contribution in [2.24, 2.45) is 4.99 Å². The van der Waals surface area contributed by atoms with Crippen LogP contribution < -0.4 is 16.0 Å². The third kappa shape index (κ3) is 12.0. The first-order valence-electron chi connectivity index (χ1n) is 11.3. The Labute approximate surface area is 209 Å². The molecule has 1 amide bonds. The quantitative estimate of drug-likeness (QED) is 0.148. The molecule has 3 N–H and O–H groups in total. The van der Waals surface area contributed by atoms with Crippen molar-refractivity contribution in [1.82, 2.24) is 20.9 Å². The van der Waals surface area contributed by atoms with Crippen LogP contribution in [-0.4, -0.2) is 83.0 Å². The Bertz CT molecular complexity index is 681. The van der Waals surface area contributed by atoms with Gasteiger partial charge in [-0.2, -0.15) is 0 Å². The molecule has 1 fully saturated rings. The summed E-state index contributed by atoms with van der Waals surface area (Å²) in [5.41, 5.74) is 1.66. The van der Waals surface area contributed by atoms with E-state index in [0.717, 1.165) is 57.0 Å². The highest BCUT2D eigenvalue weighted by atomic mass is 127. The number of guanidine groups is 1. The molecule has 1 aliphatic rings. The second-order valence-electron chi connectivity index (χ2n) is 7.94. The van der Waals surface area contributed by atoms with Gasteiger partial charge in [-0.25, -0.2) is 4.99 Å². The molecule has 0 aromatic heterocycles. The fourth-order valence-electron chi connectivity index (χ4n) is 3.19. The number of hydrogen-bond acceptors (Lipinski definition) is 5. The van der Waals surface area contributed by atoms with E-state index in [4.69, 9.17) is 9.47 Å². The summed E-state index contributed by atoms with van der Waals surface area (Å²) in [6, 6.07) is 7.62. The SMILES string of the molecule is CCNC(=NCc1cccc(C(=O)NCCN(C)C)c1)NCCCOCC1CCCO1.I. The van der Waals surface area contributed by atoms with Gasteiger partial charge in [0, 0.05) is 45.0 Å². The van der Waals surface area contributed by atoms with Crippen LogP contribution in [0, 0.1) is 0 Å². The van der Waals surface area contributed by atoms with Crippen molar-refractivity contribution in [2.45, 2.75) is 38.8 Å². The summed E-state index contributed by atoms with van der Waals surface area (Å²) in [6.07, 6.45) is 3.42. The monoisotopic (exact) mass is 561 g/mol. The molecule has 0 aliphatic carbocycles. The van der Waals surface area contributed by atoms with Crippen LogP contribution in [0.15, 0.2) is 29.3 Å². The zero-order valence-corrected chi connectivity index (χ0v) is 22.0. The van der Waals surface area contributed by atoms with Crippen LogP contribution in [0.4, 0.5) is 0 Å². The lowest BCUT2D eigenvalue weighted by Gasteiger charge is -2.13. The minimum atomic E-state index is -0.0549. The van der Waals surface area contributed by atoms with E-state index in [9.17, 15) is 4.79 Å². The smallest absolute Gasteiger partial charge is 0.251 e. The summed E-state index contributed by atoms with van der Waals surface area (Å²) in [5, 5.41) is 9.54. The molecule has 0 bridgehead atoms. The highest BCUT2D eigenvalue weighted by Crippen LogP contribution is 2.11. The van der Waals surface area contributed by atoms with E-state index in [1.807, 2.05) is 50.2 Å². The summed E-state index contributed by atoms with van der Waals surface area (Å²) >= 11 is 0. The summed E-state index contributed by atoms with van der Waals surface area (Å²) in [5.74, 6) is 0.711. The summed E-state index contributed by atoms with van der Waals surface area (Å²) in [7, 11) is 3.97. The van der Waals surface area contributed by atoms with Crippen molar-refractivity contribution in [1.29, 1.82) is 0 Å². The maximum atomic E-state index is 12.3. The fraction of sp³-hybridized carbons (Fsp3) is 0.652. The Balaban J connectivity index is 0.00000512. The van der Waals surface area contributed by atoms with Crippen LogP contribution in [-0.2, 0) is 16.0 Å². The first-order valence-corrected chi connectivity index (χ1v) is 11.3. The van der Waals surface area contributed by atoms with Crippen LogP contribution in [0.5, 0.6) is 0 Å². The molecule has 1 aromatic rings. The molecule has 0 spiro atoms. The van der Waals surface area contributed by atoms with Crippen LogP contribution >= 0.6 is 24.0 Å². The number of carbonyl (C=O) groups excluding carboxylic acids is 1. The number of benzene rings is 1. The van der Waals surface area contributed by atoms with E-state index < -0.39 is 0 Å². The van der Waals surface area contributed by atoms with Crippen molar-refractivity contribution in [2.75, 3.05) is 60.1 Å². The van der Waals surface area contributed by atoms with E-state index in [0.29, 0.717) is 31.9 Å². The highest BCUT2D eigenvalue weighted by molar-refractivity contribution is 14.0. The predicted molar refractivity (Wildman–Crippen MR) is 140 cm³/mol. The number of rotatable bonds is 13. The van der Waals surface area contributed by atoms with Gasteiger partial charge in [0.15, 0.2) is 5.96 Å². The molecule has 32 heavy (non-hydrogen) atoms. The second-order valence-corrected chi connectivity index (χ2v) is 7.94. The van der Waals surface area contributed by atoms with Crippen molar-refractivity contribution < 1.29 is 14.3 Å². The van der Waals surface area contributed by atoms with Gasteiger partial charge < -0.3 is 30.3 Å². The molecule has 0 radical (unpaired) electrons. The molecule has 1 heterocycles. The average molecular weight is 562 g/mol. The fourth-order valence-corrected chi connectivity index (χ4v) is 3.19. The molecule has 1 saturated heterocycles. The van der Waals surface area contributed by atoms with Crippen molar-refractivity contribution in [3.05, 3.63) is 35.4 Å². The topological polar surface area (TPSA) is 87.2 Å². The van der Waals surface area contributed by atoms with Gasteiger partial charge in [-0.1, -0.05) is 12.1 Å². The number of carbonyl (C=O) groups is 1. The number of halogens is 1. The van der Waals surface area contributed by atoms with Crippen molar-refractivity contribution in [3.63, 3.8) is 0 Å². The lowest BCUT2D eigenvalue weighted by Crippen LogP contribution is -2.38. The predicted octanol–water partition coefficient (Wildman–Crippen LogP) is 2.24. The molecule has 182 valence electrons. The Hall–Kier alpha value is -1.43. The minimum absolute atomic E-state index is 0. The lowest BCUT2D eigenvalue weighted by molar-refractivity contribution is 0.0168. The maximum absolute atomic E-state index is 12.3. The number of hydrogen-bond donors (Lipinski definition) is 3. The largest absolute Gasteiger partial charge is 0.379 e. The Morgan fingerprint density at radius 1 is 1.25 bits per heavy atom. The Morgan fingerprint density at radius 3 is 2.81 bits per heavy atom. The summed E-state index contributed by atoms with van der Waals surface area (Å²) < 4.78 is 11.3. The number of likely N-dealkylation sites (N-methyl/N-ethyl adjacent to an activating group) is 1. The molecule has 9 heteroatoms. The first kappa shape index (κ1) is 28.6. The number of nitrogens with zero attached hydrogens (tertiary/aromatic N) is 2. The molecular weight excluding hydrogens is 521 g/mol. The van der Waals surface area contributed by atoms with E-state index >= 15 is 0 Å². The first-order chi connectivity index (χ1) is 15.1. The standard InChI is InChI=1S/C23H39N5O3.HI/c1-4-24-23(26-11-7-14-30-18-21-10-6-15-31-21)27-17-19-8-5-9-20(16-19)22(29)25-12-13-28(2)3;/h5,8-9,16,21H,4,6-7,10-15,17-18H2,1-3H3,(H,25,29)(H2,24,26,27);1H. The normalized spacial score (nSPS) is 16.0. The summed E-state index contributed by atoms with van der Waals surface area (Å²) in [4.78, 5) is 19.0. The third-order valence-corrected chi connectivity index (χ3v) is 4.88. The number of ether oxygens (including phenoxy) is 2. The van der Waals surface area contributed by atoms with Gasteiger partial charge in [-0.05, 0) is 58.0 Å². The Kier molecular flexibility index (Phi) is 15.3. The molecule has 2 rings (SSSR count). The molecule has 8 nitrogen and oxygen atoms in total. The van der Waals surface area contributed by atoms with Gasteiger partial charge in [-0.3, -0.25) is 4.79 Å². The van der Waals surface area contributed by atoms with Crippen LogP contribution in [0.3, 0.4) is 0 Å². The van der Waals surface area contributed by atoms with Gasteiger partial charge in [-0.15, -0.1) is 24.0 Å². The van der Waals surface area contributed by atoms with E-state index in [2.05, 4.69) is 20.9 Å². The van der Waals surface area contributed by atoms with Crippen LogP contribution in [0.2, 0.25) is 0 Å². The average Bonchev–Trinajstić information content (AvgIpc) is 3.27. The van der Waals surface area contributed by atoms with Crippen LogP contribution in [0.25, 0.3) is 0 Å². The molecule has 1 atom stereocenters. The molecule has 1 aliphatic heterocycles. The van der Waals surface area contributed by atoms with Crippen molar-refractivity contribution >= 4 is 35.8 Å². The molecular formula is C23H40IN5O3. The van der Waals surface area contributed by atoms with Crippen molar-refractivity contribution in [3.8, 4) is 0 Å². The lowest BCUT2D eigenvalue weighted by atomic mass is 10.1. The number of aliphatic imine (C=N–C) groups is 1. The highest BCUT2D eigenvalue weighted by Gasteiger charge is 2.14. The van der Waals surface area contributed by atoms with Gasteiger partial charge in [0.05, 0.1) is 19.3 Å². The van der Waals surface area contributed by atoms with Gasteiger partial charge in [0.25, 0.3) is 5.91 Å². The van der Waals surface area contributed by atoms with Gasteiger partial charge >= 0.3 is 0 Å². The zero-order chi connectivity index (χ0) is 22.3. The van der Waals surface area contributed by atoms with Crippen LogP contribution in [0.1, 0.15) is 42.1 Å². The van der Waals surface area contributed by atoms with E-state index in [1.165, 1.54) is 0 Å². The third-order valence-electron chi connectivity index (χ3n) is 4.88. The van der Waals surface area contributed by atoms with E-state index in [-0.39, 0.29) is 36.0 Å². The second kappa shape index (κ2) is 17.1. The summed E-state index contributed by atoms with van der Waals surface area (Å²) in [6.45, 7) is 7.81. The minimum Gasteiger partial charge on any atom is -0.379 e.